The molecule has 2 amide bonds. The fourth-order valence-electron chi connectivity index (χ4n) is 1.79. The van der Waals surface area contributed by atoms with Crippen molar-refractivity contribution in [2.75, 3.05) is 13.1 Å². The zero-order valence-electron chi connectivity index (χ0n) is 11.1. The van der Waals surface area contributed by atoms with Gasteiger partial charge in [0.15, 0.2) is 0 Å². The second-order valence-electron chi connectivity index (χ2n) is 4.40. The molecule has 0 aliphatic carbocycles. The number of aliphatic carboxylic acids is 1. The van der Waals surface area contributed by atoms with Gasteiger partial charge in [-0.05, 0) is 18.8 Å². The van der Waals surface area contributed by atoms with Crippen LogP contribution >= 0.6 is 0 Å². The van der Waals surface area contributed by atoms with Gasteiger partial charge < -0.3 is 15.7 Å². The lowest BCUT2D eigenvalue weighted by molar-refractivity contribution is -0.137. The maximum absolute atomic E-state index is 11.8. The SMILES string of the molecule is CCCC(CCNC(=O)NCC(F)F)CCC(=O)O. The van der Waals surface area contributed by atoms with E-state index in [1.807, 2.05) is 12.2 Å². The predicted octanol–water partition coefficient (Wildman–Crippen LogP) is 2.22. The summed E-state index contributed by atoms with van der Waals surface area (Å²) < 4.78 is 23.6. The number of halogens is 2. The summed E-state index contributed by atoms with van der Waals surface area (Å²) in [5.41, 5.74) is 0. The molecule has 0 rings (SSSR count). The number of carbonyl (C=O) groups is 2. The molecule has 19 heavy (non-hydrogen) atoms. The van der Waals surface area contributed by atoms with Crippen LogP contribution in [0.2, 0.25) is 0 Å². The fraction of sp³-hybridized carbons (Fsp3) is 0.833. The van der Waals surface area contributed by atoms with Crippen LogP contribution in [-0.4, -0.2) is 36.6 Å². The van der Waals surface area contributed by atoms with Crippen molar-refractivity contribution < 1.29 is 23.5 Å². The number of carbonyl (C=O) groups excluding carboxylic acids is 1. The molecule has 0 radical (unpaired) electrons. The second kappa shape index (κ2) is 10.5. The second-order valence-corrected chi connectivity index (χ2v) is 4.40. The summed E-state index contributed by atoms with van der Waals surface area (Å²) in [6.45, 7) is 1.71. The third-order valence-electron chi connectivity index (χ3n) is 2.72. The Morgan fingerprint density at radius 1 is 1.16 bits per heavy atom. The zero-order chi connectivity index (χ0) is 14.7. The van der Waals surface area contributed by atoms with Crippen molar-refractivity contribution in [1.29, 1.82) is 0 Å². The molecule has 0 aromatic rings. The summed E-state index contributed by atoms with van der Waals surface area (Å²) in [6, 6.07) is -0.617. The number of hydrogen-bond acceptors (Lipinski definition) is 2. The quantitative estimate of drug-likeness (QED) is 0.574. The third-order valence-corrected chi connectivity index (χ3v) is 2.72. The van der Waals surface area contributed by atoms with Crippen molar-refractivity contribution in [3.63, 3.8) is 0 Å². The minimum atomic E-state index is -2.56. The summed E-state index contributed by atoms with van der Waals surface area (Å²) in [4.78, 5) is 21.6. The van der Waals surface area contributed by atoms with E-state index in [0.29, 0.717) is 19.4 Å². The molecule has 0 aromatic carbocycles. The first-order valence-corrected chi connectivity index (χ1v) is 6.47. The molecule has 0 aliphatic heterocycles. The summed E-state index contributed by atoms with van der Waals surface area (Å²) >= 11 is 0. The highest BCUT2D eigenvalue weighted by Crippen LogP contribution is 2.16. The maximum atomic E-state index is 11.8. The minimum absolute atomic E-state index is 0.113. The number of nitrogens with one attached hydrogen (secondary N) is 2. The van der Waals surface area contributed by atoms with E-state index >= 15 is 0 Å². The van der Waals surface area contributed by atoms with Gasteiger partial charge in [0.05, 0.1) is 6.54 Å². The van der Waals surface area contributed by atoms with E-state index in [0.717, 1.165) is 12.8 Å². The van der Waals surface area contributed by atoms with Crippen molar-refractivity contribution in [1.82, 2.24) is 10.6 Å². The number of amides is 2. The van der Waals surface area contributed by atoms with E-state index in [9.17, 15) is 18.4 Å². The van der Waals surface area contributed by atoms with E-state index < -0.39 is 25.0 Å². The van der Waals surface area contributed by atoms with Crippen LogP contribution in [0.5, 0.6) is 0 Å². The van der Waals surface area contributed by atoms with Crippen molar-refractivity contribution in [3.8, 4) is 0 Å². The van der Waals surface area contributed by atoms with Gasteiger partial charge in [0.1, 0.15) is 0 Å². The average Bonchev–Trinajstić information content (AvgIpc) is 2.33. The molecule has 0 saturated carbocycles. The molecule has 1 unspecified atom stereocenters. The smallest absolute Gasteiger partial charge is 0.314 e. The first-order chi connectivity index (χ1) is 8.95. The normalized spacial score (nSPS) is 12.2. The minimum Gasteiger partial charge on any atom is -0.481 e. The number of rotatable bonds is 10. The Morgan fingerprint density at radius 2 is 1.84 bits per heavy atom. The van der Waals surface area contributed by atoms with E-state index in [-0.39, 0.29) is 12.3 Å². The Morgan fingerprint density at radius 3 is 2.37 bits per heavy atom. The molecular weight excluding hydrogens is 258 g/mol. The molecule has 1 atom stereocenters. The largest absolute Gasteiger partial charge is 0.481 e. The van der Waals surface area contributed by atoms with Gasteiger partial charge >= 0.3 is 12.0 Å². The van der Waals surface area contributed by atoms with Gasteiger partial charge in [-0.25, -0.2) is 13.6 Å². The first-order valence-electron chi connectivity index (χ1n) is 6.47. The lowest BCUT2D eigenvalue weighted by Gasteiger charge is -2.15. The molecule has 0 heterocycles. The van der Waals surface area contributed by atoms with E-state index in [2.05, 4.69) is 5.32 Å². The van der Waals surface area contributed by atoms with Crippen LogP contribution in [0.25, 0.3) is 0 Å². The molecule has 7 heteroatoms. The van der Waals surface area contributed by atoms with Gasteiger partial charge in [0, 0.05) is 13.0 Å². The fourth-order valence-corrected chi connectivity index (χ4v) is 1.79. The van der Waals surface area contributed by atoms with Crippen LogP contribution in [-0.2, 0) is 4.79 Å². The Balaban J connectivity index is 3.78. The van der Waals surface area contributed by atoms with E-state index in [1.54, 1.807) is 0 Å². The van der Waals surface area contributed by atoms with Crippen LogP contribution in [0.1, 0.15) is 39.0 Å². The average molecular weight is 280 g/mol. The van der Waals surface area contributed by atoms with Gasteiger partial charge in [-0.1, -0.05) is 19.8 Å². The molecule has 3 N–H and O–H groups in total. The molecule has 0 bridgehead atoms. The number of carboxylic acids is 1. The number of hydrogen-bond donors (Lipinski definition) is 3. The van der Waals surface area contributed by atoms with Gasteiger partial charge in [0.25, 0.3) is 6.43 Å². The Bertz CT molecular complexity index is 276. The Hall–Kier alpha value is -1.40. The summed E-state index contributed by atoms with van der Waals surface area (Å²) in [5, 5.41) is 13.1. The highest BCUT2D eigenvalue weighted by atomic mass is 19.3. The van der Waals surface area contributed by atoms with Crippen molar-refractivity contribution in [2.24, 2.45) is 5.92 Å². The van der Waals surface area contributed by atoms with Crippen molar-refractivity contribution in [2.45, 2.75) is 45.5 Å². The lowest BCUT2D eigenvalue weighted by atomic mass is 9.94. The standard InChI is InChI=1S/C12H22F2N2O3/c1-2-3-9(4-5-11(17)18)6-7-15-12(19)16-8-10(13)14/h9-10H,2-8H2,1H3,(H,17,18)(H2,15,16,19). The van der Waals surface area contributed by atoms with Crippen molar-refractivity contribution in [3.05, 3.63) is 0 Å². The van der Waals surface area contributed by atoms with Gasteiger partial charge in [-0.15, -0.1) is 0 Å². The topological polar surface area (TPSA) is 78.4 Å². The van der Waals surface area contributed by atoms with Crippen LogP contribution < -0.4 is 10.6 Å². The first kappa shape index (κ1) is 17.6. The zero-order valence-corrected chi connectivity index (χ0v) is 11.1. The van der Waals surface area contributed by atoms with Gasteiger partial charge in [-0.2, -0.15) is 0 Å². The number of alkyl halides is 2. The van der Waals surface area contributed by atoms with Gasteiger partial charge in [-0.3, -0.25) is 4.79 Å². The summed E-state index contributed by atoms with van der Waals surface area (Å²) in [7, 11) is 0. The number of urea groups is 1. The molecule has 0 aromatic heterocycles. The van der Waals surface area contributed by atoms with Gasteiger partial charge in [0.2, 0.25) is 0 Å². The number of carboxylic acid groups (broad SMARTS) is 1. The van der Waals surface area contributed by atoms with E-state index in [4.69, 9.17) is 5.11 Å². The molecular formula is C12H22F2N2O3. The third kappa shape index (κ3) is 11.4. The predicted molar refractivity (Wildman–Crippen MR) is 67.3 cm³/mol. The molecule has 0 spiro atoms. The molecule has 0 saturated heterocycles. The maximum Gasteiger partial charge on any atom is 0.314 e. The van der Waals surface area contributed by atoms with Crippen LogP contribution in [0, 0.1) is 5.92 Å². The summed E-state index contributed by atoms with van der Waals surface area (Å²) in [5.74, 6) is -0.597. The van der Waals surface area contributed by atoms with Crippen LogP contribution in [0.15, 0.2) is 0 Å². The summed E-state index contributed by atoms with van der Waals surface area (Å²) in [6.07, 6.45) is 0.624. The molecule has 5 nitrogen and oxygen atoms in total. The Labute approximate surface area is 111 Å². The Kier molecular flexibility index (Phi) is 9.74. The van der Waals surface area contributed by atoms with Crippen LogP contribution in [0.3, 0.4) is 0 Å². The molecule has 112 valence electrons. The van der Waals surface area contributed by atoms with E-state index in [1.165, 1.54) is 0 Å². The van der Waals surface area contributed by atoms with Crippen LogP contribution in [0.4, 0.5) is 13.6 Å². The lowest BCUT2D eigenvalue weighted by Crippen LogP contribution is -2.38. The van der Waals surface area contributed by atoms with Crippen molar-refractivity contribution >= 4 is 12.0 Å². The highest BCUT2D eigenvalue weighted by molar-refractivity contribution is 5.73. The monoisotopic (exact) mass is 280 g/mol. The molecule has 0 fully saturated rings. The molecule has 0 aliphatic rings. The highest BCUT2D eigenvalue weighted by Gasteiger charge is 2.11.